The zero-order valence-electron chi connectivity index (χ0n) is 14.0. The molecule has 1 aromatic heterocycles. The molecule has 0 amide bonds. The predicted molar refractivity (Wildman–Crippen MR) is 95.0 cm³/mol. The van der Waals surface area contributed by atoms with Gasteiger partial charge in [0.15, 0.2) is 0 Å². The van der Waals surface area contributed by atoms with Crippen molar-refractivity contribution in [2.24, 2.45) is 0 Å². The number of aromatic nitrogens is 2. The fourth-order valence-electron chi connectivity index (χ4n) is 2.47. The Bertz CT molecular complexity index is 848. The highest BCUT2D eigenvalue weighted by Crippen LogP contribution is 2.23. The maximum atomic E-state index is 13.8. The van der Waals surface area contributed by atoms with E-state index in [2.05, 4.69) is 15.3 Å². The Kier molecular flexibility index (Phi) is 4.88. The summed E-state index contributed by atoms with van der Waals surface area (Å²) in [4.78, 5) is 10.5. The minimum atomic E-state index is -0.690. The number of rotatable bonds is 5. The summed E-state index contributed by atoms with van der Waals surface area (Å²) in [6.07, 6.45) is 0. The number of nitrogens with one attached hydrogen (secondary N) is 1. The van der Waals surface area contributed by atoms with E-state index in [1.54, 1.807) is 0 Å². The van der Waals surface area contributed by atoms with E-state index < -0.39 is 11.6 Å². The van der Waals surface area contributed by atoms with Crippen molar-refractivity contribution in [1.82, 2.24) is 9.97 Å². The second-order valence-electron chi connectivity index (χ2n) is 5.75. The highest BCUT2D eigenvalue weighted by Gasteiger charge is 2.12. The van der Waals surface area contributed by atoms with E-state index in [9.17, 15) is 8.78 Å². The third kappa shape index (κ3) is 4.09. The minimum absolute atomic E-state index is 0.152. The topological polar surface area (TPSA) is 41.1 Å². The fraction of sp³-hybridized carbons (Fsp3) is 0.158. The van der Waals surface area contributed by atoms with Crippen molar-refractivity contribution in [1.29, 1.82) is 0 Å². The van der Waals surface area contributed by atoms with Crippen LogP contribution in [0.15, 0.2) is 54.6 Å². The van der Waals surface area contributed by atoms with Crippen molar-refractivity contribution in [2.75, 3.05) is 17.3 Å². The van der Waals surface area contributed by atoms with Gasteiger partial charge in [0.1, 0.15) is 23.1 Å². The molecule has 25 heavy (non-hydrogen) atoms. The Hall–Kier alpha value is -3.02. The van der Waals surface area contributed by atoms with Crippen molar-refractivity contribution in [2.45, 2.75) is 13.5 Å². The smallest absolute Gasteiger partial charge is 0.229 e. The van der Waals surface area contributed by atoms with Crippen LogP contribution in [0.3, 0.4) is 0 Å². The normalized spacial score (nSPS) is 10.6. The number of hydrogen-bond acceptors (Lipinski definition) is 4. The first-order chi connectivity index (χ1) is 12.0. The maximum absolute atomic E-state index is 13.8. The molecule has 1 heterocycles. The lowest BCUT2D eigenvalue weighted by Crippen LogP contribution is -2.18. The molecule has 0 aliphatic carbocycles. The van der Waals surface area contributed by atoms with Crippen LogP contribution >= 0.6 is 0 Å². The van der Waals surface area contributed by atoms with Crippen LogP contribution in [0.2, 0.25) is 0 Å². The van der Waals surface area contributed by atoms with E-state index in [1.807, 2.05) is 55.3 Å². The quantitative estimate of drug-likeness (QED) is 0.745. The molecule has 0 saturated carbocycles. The zero-order valence-corrected chi connectivity index (χ0v) is 14.0. The lowest BCUT2D eigenvalue weighted by atomic mass is 10.2. The summed E-state index contributed by atoms with van der Waals surface area (Å²) < 4.78 is 27.6. The molecule has 3 aromatic rings. The Morgan fingerprint density at radius 2 is 1.64 bits per heavy atom. The molecule has 0 aliphatic rings. The summed E-state index contributed by atoms with van der Waals surface area (Å²) in [7, 11) is 1.90. The van der Waals surface area contributed by atoms with Crippen molar-refractivity contribution >= 4 is 17.5 Å². The van der Waals surface area contributed by atoms with E-state index in [0.717, 1.165) is 5.56 Å². The van der Waals surface area contributed by atoms with E-state index >= 15 is 0 Å². The third-order valence-electron chi connectivity index (χ3n) is 3.69. The molecule has 0 unspecified atom stereocenters. The fourth-order valence-corrected chi connectivity index (χ4v) is 2.47. The molecule has 0 fully saturated rings. The lowest BCUT2D eigenvalue weighted by molar-refractivity contribution is 0.590. The molecule has 0 bridgehead atoms. The van der Waals surface area contributed by atoms with Gasteiger partial charge in [-0.25, -0.2) is 13.8 Å². The summed E-state index contributed by atoms with van der Waals surface area (Å²) in [6.45, 7) is 2.47. The van der Waals surface area contributed by atoms with Crippen LogP contribution in [-0.4, -0.2) is 17.0 Å². The van der Waals surface area contributed by atoms with Gasteiger partial charge >= 0.3 is 0 Å². The van der Waals surface area contributed by atoms with Gasteiger partial charge in [0.25, 0.3) is 0 Å². The average molecular weight is 340 g/mol. The second kappa shape index (κ2) is 7.25. The van der Waals surface area contributed by atoms with Gasteiger partial charge in [0, 0.05) is 25.4 Å². The van der Waals surface area contributed by atoms with Gasteiger partial charge in [0.2, 0.25) is 5.95 Å². The molecule has 0 aliphatic heterocycles. The minimum Gasteiger partial charge on any atom is -0.355 e. The van der Waals surface area contributed by atoms with Crippen LogP contribution < -0.4 is 10.2 Å². The number of para-hydroxylation sites is 1. The van der Waals surface area contributed by atoms with Crippen LogP contribution in [0, 0.1) is 18.6 Å². The SMILES string of the molecule is Cc1cc(N(C)Cc2ccccc2)nc(Nc2c(F)cccc2F)n1. The van der Waals surface area contributed by atoms with Gasteiger partial charge in [-0.1, -0.05) is 36.4 Å². The molecule has 0 atom stereocenters. The number of benzene rings is 2. The van der Waals surface area contributed by atoms with Crippen LogP contribution in [-0.2, 0) is 6.54 Å². The number of halogens is 2. The molecule has 0 radical (unpaired) electrons. The Morgan fingerprint density at radius 3 is 2.32 bits per heavy atom. The molecule has 1 N–H and O–H groups in total. The molecule has 2 aromatic carbocycles. The molecular weight excluding hydrogens is 322 g/mol. The zero-order chi connectivity index (χ0) is 17.8. The number of hydrogen-bond donors (Lipinski definition) is 1. The standard InChI is InChI=1S/C19H18F2N4/c1-13-11-17(25(2)12-14-7-4-3-5-8-14)23-19(22-13)24-18-15(20)9-6-10-16(18)21/h3-11H,12H2,1-2H3,(H,22,23,24). The average Bonchev–Trinajstić information content (AvgIpc) is 2.59. The molecular formula is C19H18F2N4. The predicted octanol–water partition coefficient (Wildman–Crippen LogP) is 4.44. The van der Waals surface area contributed by atoms with Crippen molar-refractivity contribution < 1.29 is 8.78 Å². The number of nitrogens with zero attached hydrogens (tertiary/aromatic N) is 3. The first kappa shape index (κ1) is 16.8. The second-order valence-corrected chi connectivity index (χ2v) is 5.75. The molecule has 0 spiro atoms. The molecule has 3 rings (SSSR count). The van der Waals surface area contributed by atoms with Gasteiger partial charge < -0.3 is 10.2 Å². The summed E-state index contributed by atoms with van der Waals surface area (Å²) in [5.41, 5.74) is 1.57. The number of aryl methyl sites for hydroxylation is 1. The molecule has 4 nitrogen and oxygen atoms in total. The summed E-state index contributed by atoms with van der Waals surface area (Å²) in [5.74, 6) is -0.567. The van der Waals surface area contributed by atoms with Crippen molar-refractivity contribution in [3.63, 3.8) is 0 Å². The Balaban J connectivity index is 1.85. The van der Waals surface area contributed by atoms with Gasteiger partial charge in [-0.2, -0.15) is 4.98 Å². The monoisotopic (exact) mass is 340 g/mol. The summed E-state index contributed by atoms with van der Waals surface area (Å²) in [5, 5.41) is 2.64. The van der Waals surface area contributed by atoms with Crippen LogP contribution in [0.25, 0.3) is 0 Å². The molecule has 0 saturated heterocycles. The summed E-state index contributed by atoms with van der Waals surface area (Å²) in [6, 6.07) is 15.5. The summed E-state index contributed by atoms with van der Waals surface area (Å²) >= 11 is 0. The van der Waals surface area contributed by atoms with Gasteiger partial charge in [-0.05, 0) is 24.6 Å². The Labute approximate surface area is 145 Å². The van der Waals surface area contributed by atoms with Crippen LogP contribution in [0.1, 0.15) is 11.3 Å². The van der Waals surface area contributed by atoms with Crippen molar-refractivity contribution in [3.8, 4) is 0 Å². The Morgan fingerprint density at radius 1 is 0.960 bits per heavy atom. The van der Waals surface area contributed by atoms with E-state index in [1.165, 1.54) is 18.2 Å². The largest absolute Gasteiger partial charge is 0.355 e. The highest BCUT2D eigenvalue weighted by atomic mass is 19.1. The first-order valence-corrected chi connectivity index (χ1v) is 7.85. The van der Waals surface area contributed by atoms with Crippen LogP contribution in [0.5, 0.6) is 0 Å². The van der Waals surface area contributed by atoms with E-state index in [4.69, 9.17) is 0 Å². The molecule has 6 heteroatoms. The van der Waals surface area contributed by atoms with Gasteiger partial charge in [-0.15, -0.1) is 0 Å². The van der Waals surface area contributed by atoms with Crippen molar-refractivity contribution in [3.05, 3.63) is 77.5 Å². The lowest BCUT2D eigenvalue weighted by Gasteiger charge is -2.19. The molecule has 128 valence electrons. The first-order valence-electron chi connectivity index (χ1n) is 7.85. The number of anilines is 3. The maximum Gasteiger partial charge on any atom is 0.229 e. The van der Waals surface area contributed by atoms with Gasteiger partial charge in [-0.3, -0.25) is 0 Å². The van der Waals surface area contributed by atoms with Gasteiger partial charge in [0.05, 0.1) is 0 Å². The highest BCUT2D eigenvalue weighted by molar-refractivity contribution is 5.57. The van der Waals surface area contributed by atoms with E-state index in [-0.39, 0.29) is 11.6 Å². The van der Waals surface area contributed by atoms with Crippen LogP contribution in [0.4, 0.5) is 26.2 Å². The third-order valence-corrected chi connectivity index (χ3v) is 3.69. The van der Waals surface area contributed by atoms with E-state index in [0.29, 0.717) is 18.1 Å².